The quantitative estimate of drug-likeness (QED) is 0.401. The van der Waals surface area contributed by atoms with Crippen molar-refractivity contribution >= 4 is 33.9 Å². The summed E-state index contributed by atoms with van der Waals surface area (Å²) < 4.78 is 1.52. The number of hydrogen-bond donors (Lipinski definition) is 0. The van der Waals surface area contributed by atoms with Crippen LogP contribution in [0.3, 0.4) is 0 Å². The lowest BCUT2D eigenvalue weighted by atomic mass is 10.1. The van der Waals surface area contributed by atoms with Gasteiger partial charge in [0.15, 0.2) is 0 Å². The molecule has 0 aliphatic carbocycles. The van der Waals surface area contributed by atoms with E-state index in [1.54, 1.807) is 6.07 Å². The predicted octanol–water partition coefficient (Wildman–Crippen LogP) is 3.85. The number of benzene rings is 2. The minimum absolute atomic E-state index is 0.00788. The molecule has 1 heterocycles. The van der Waals surface area contributed by atoms with Gasteiger partial charge in [-0.1, -0.05) is 47.3 Å². The summed E-state index contributed by atoms with van der Waals surface area (Å²) in [6, 6.07) is 12.9. The zero-order valence-electron chi connectivity index (χ0n) is 13.2. The summed E-state index contributed by atoms with van der Waals surface area (Å²) in [5, 5.41) is 19.0. The van der Waals surface area contributed by atoms with Gasteiger partial charge in [0.1, 0.15) is 16.0 Å². The van der Waals surface area contributed by atoms with Crippen molar-refractivity contribution in [1.29, 1.82) is 0 Å². The van der Waals surface area contributed by atoms with Gasteiger partial charge in [0.2, 0.25) is 0 Å². The van der Waals surface area contributed by atoms with Crippen LogP contribution >= 0.6 is 12.2 Å². The number of nitro benzene ring substituents is 1. The summed E-state index contributed by atoms with van der Waals surface area (Å²) in [5.74, 6) is 0. The Kier molecular flexibility index (Phi) is 4.61. The molecule has 3 rings (SSSR count). The van der Waals surface area contributed by atoms with E-state index in [0.29, 0.717) is 22.4 Å². The Morgan fingerprint density at radius 3 is 2.71 bits per heavy atom. The Bertz CT molecular complexity index is 903. The fraction of sp³-hybridized carbons (Fsp3) is 0.235. The Labute approximate surface area is 144 Å². The molecule has 0 N–H and O–H groups in total. The molecule has 0 atom stereocenters. The highest BCUT2D eigenvalue weighted by Crippen LogP contribution is 2.19. The van der Waals surface area contributed by atoms with Crippen LogP contribution in [0.25, 0.3) is 11.0 Å². The Morgan fingerprint density at radius 1 is 1.25 bits per heavy atom. The average molecular weight is 340 g/mol. The summed E-state index contributed by atoms with van der Waals surface area (Å²) in [5.41, 5.74) is 3.69. The molecule has 6 nitrogen and oxygen atoms in total. The molecule has 0 bridgehead atoms. The topological polar surface area (TPSA) is 73.8 Å². The van der Waals surface area contributed by atoms with Crippen LogP contribution in [0.15, 0.2) is 42.5 Å². The van der Waals surface area contributed by atoms with Crippen molar-refractivity contribution in [1.82, 2.24) is 15.0 Å². The van der Waals surface area contributed by atoms with Crippen LogP contribution < -0.4 is 0 Å². The van der Waals surface area contributed by atoms with Crippen molar-refractivity contribution < 1.29 is 4.92 Å². The number of hydrogen-bond acceptors (Lipinski definition) is 5. The van der Waals surface area contributed by atoms with Gasteiger partial charge < -0.3 is 0 Å². The molecule has 122 valence electrons. The predicted molar refractivity (Wildman–Crippen MR) is 96.3 cm³/mol. The van der Waals surface area contributed by atoms with Crippen molar-refractivity contribution in [3.8, 4) is 0 Å². The summed E-state index contributed by atoms with van der Waals surface area (Å²) in [6.45, 7) is 2.06. The summed E-state index contributed by atoms with van der Waals surface area (Å²) in [6.07, 6.45) is 2.48. The maximum Gasteiger partial charge on any atom is 0.271 e. The molecule has 0 aliphatic heterocycles. The maximum absolute atomic E-state index is 10.9. The zero-order valence-corrected chi connectivity index (χ0v) is 14.0. The lowest BCUT2D eigenvalue weighted by Crippen LogP contribution is -2.11. The second-order valence-corrected chi connectivity index (χ2v) is 6.14. The molecule has 2 aromatic carbocycles. The standard InChI is InChI=1S/C17H16N4O2S/c1-12-5-7-13(8-6-12)3-2-4-17(24)20-16-11-14(21(22)23)9-10-15(16)18-19-20/h5-11H,2-4H2,1H3. The zero-order chi connectivity index (χ0) is 17.1. The molecule has 0 aliphatic rings. The van der Waals surface area contributed by atoms with Crippen molar-refractivity contribution in [3.63, 3.8) is 0 Å². The first kappa shape index (κ1) is 16.2. The van der Waals surface area contributed by atoms with Crippen LogP contribution in [0.5, 0.6) is 0 Å². The van der Waals surface area contributed by atoms with Crippen LogP contribution in [-0.4, -0.2) is 24.9 Å². The van der Waals surface area contributed by atoms with Gasteiger partial charge in [-0.15, -0.1) is 5.10 Å². The SMILES string of the molecule is Cc1ccc(CCCC(=S)n2nnc3ccc([N+](=O)[O-])cc32)cc1. The Morgan fingerprint density at radius 2 is 2.00 bits per heavy atom. The van der Waals surface area contributed by atoms with Gasteiger partial charge in [-0.3, -0.25) is 10.1 Å². The number of rotatable bonds is 5. The van der Waals surface area contributed by atoms with Gasteiger partial charge in [0.25, 0.3) is 5.69 Å². The molecule has 0 saturated heterocycles. The van der Waals surface area contributed by atoms with Gasteiger partial charge in [0.05, 0.1) is 4.92 Å². The number of nitrogens with zero attached hydrogens (tertiary/aromatic N) is 4. The fourth-order valence-electron chi connectivity index (χ4n) is 2.51. The molecule has 0 unspecified atom stereocenters. The van der Waals surface area contributed by atoms with E-state index < -0.39 is 4.92 Å². The van der Waals surface area contributed by atoms with Crippen molar-refractivity contribution in [2.45, 2.75) is 26.2 Å². The largest absolute Gasteiger partial charge is 0.271 e. The minimum Gasteiger partial charge on any atom is -0.258 e. The van der Waals surface area contributed by atoms with Gasteiger partial charge in [-0.25, -0.2) is 4.68 Å². The van der Waals surface area contributed by atoms with E-state index >= 15 is 0 Å². The third-order valence-corrected chi connectivity index (χ3v) is 4.23. The highest BCUT2D eigenvalue weighted by molar-refractivity contribution is 7.80. The molecule has 0 fully saturated rings. The van der Waals surface area contributed by atoms with Crippen LogP contribution in [0.2, 0.25) is 0 Å². The first-order valence-corrected chi connectivity index (χ1v) is 8.04. The van der Waals surface area contributed by atoms with Gasteiger partial charge in [-0.05, 0) is 31.4 Å². The molecular formula is C17H16N4O2S. The smallest absolute Gasteiger partial charge is 0.258 e. The highest BCUT2D eigenvalue weighted by Gasteiger charge is 2.13. The average Bonchev–Trinajstić information content (AvgIpc) is 2.99. The monoisotopic (exact) mass is 340 g/mol. The van der Waals surface area contributed by atoms with Crippen molar-refractivity contribution in [3.05, 3.63) is 63.7 Å². The first-order chi connectivity index (χ1) is 11.5. The van der Waals surface area contributed by atoms with Crippen molar-refractivity contribution in [2.24, 2.45) is 0 Å². The van der Waals surface area contributed by atoms with Crippen LogP contribution in [0.1, 0.15) is 24.0 Å². The lowest BCUT2D eigenvalue weighted by molar-refractivity contribution is -0.384. The van der Waals surface area contributed by atoms with Gasteiger partial charge in [0, 0.05) is 18.6 Å². The van der Waals surface area contributed by atoms with Crippen LogP contribution in [0.4, 0.5) is 5.69 Å². The second kappa shape index (κ2) is 6.84. The number of thiocarbonyl (C=S) groups is 1. The van der Waals surface area contributed by atoms with Gasteiger partial charge >= 0.3 is 0 Å². The summed E-state index contributed by atoms with van der Waals surface area (Å²) >= 11 is 5.44. The molecule has 0 spiro atoms. The van der Waals surface area contributed by atoms with Gasteiger partial charge in [-0.2, -0.15) is 0 Å². The van der Waals surface area contributed by atoms with E-state index in [9.17, 15) is 10.1 Å². The highest BCUT2D eigenvalue weighted by atomic mass is 32.1. The molecule has 24 heavy (non-hydrogen) atoms. The number of aromatic nitrogens is 3. The maximum atomic E-state index is 10.9. The molecule has 1 aromatic heterocycles. The molecule has 0 amide bonds. The molecule has 0 radical (unpaired) electrons. The van der Waals surface area contributed by atoms with Crippen molar-refractivity contribution in [2.75, 3.05) is 0 Å². The normalized spacial score (nSPS) is 10.9. The molecule has 0 saturated carbocycles. The van der Waals surface area contributed by atoms with Crippen LogP contribution in [-0.2, 0) is 6.42 Å². The van der Waals surface area contributed by atoms with E-state index in [1.807, 2.05) is 0 Å². The van der Waals surface area contributed by atoms with E-state index in [2.05, 4.69) is 41.5 Å². The summed E-state index contributed by atoms with van der Waals surface area (Å²) in [7, 11) is 0. The van der Waals surface area contributed by atoms with E-state index in [1.165, 1.54) is 27.9 Å². The fourth-order valence-corrected chi connectivity index (χ4v) is 2.79. The number of nitro groups is 1. The first-order valence-electron chi connectivity index (χ1n) is 7.63. The molecule has 7 heteroatoms. The van der Waals surface area contributed by atoms with Crippen LogP contribution in [0, 0.1) is 17.0 Å². The molecule has 3 aromatic rings. The molecular weight excluding hydrogens is 324 g/mol. The third kappa shape index (κ3) is 3.46. The number of aryl methyl sites for hydroxylation is 2. The van der Waals surface area contributed by atoms with E-state index in [-0.39, 0.29) is 5.69 Å². The third-order valence-electron chi connectivity index (χ3n) is 3.85. The number of non-ortho nitro benzene ring substituents is 1. The van der Waals surface area contributed by atoms with E-state index in [4.69, 9.17) is 12.2 Å². The Balaban J connectivity index is 1.70. The summed E-state index contributed by atoms with van der Waals surface area (Å²) in [4.78, 5) is 11.1. The van der Waals surface area contributed by atoms with E-state index in [0.717, 1.165) is 12.8 Å². The Hall–Kier alpha value is -2.67. The lowest BCUT2D eigenvalue weighted by Gasteiger charge is -2.05. The number of fused-ring (bicyclic) bond motifs is 1. The second-order valence-electron chi connectivity index (χ2n) is 5.66. The minimum atomic E-state index is -0.433.